The van der Waals surface area contributed by atoms with Crippen LogP contribution < -0.4 is 0 Å². The molecule has 0 bridgehead atoms. The topological polar surface area (TPSA) is 76.2 Å². The number of methoxy groups -OCH3 is 1. The number of benzene rings is 1. The molecule has 0 unspecified atom stereocenters. The number of nitrogens with zero attached hydrogens (tertiary/aromatic N) is 2. The number of hydrogen-bond acceptors (Lipinski definition) is 5. The Morgan fingerprint density at radius 2 is 2.00 bits per heavy atom. The minimum atomic E-state index is -0.736. The summed E-state index contributed by atoms with van der Waals surface area (Å²) >= 11 is 0. The molecule has 0 radical (unpaired) electrons. The Kier molecular flexibility index (Phi) is 5.62. The van der Waals surface area contributed by atoms with Gasteiger partial charge in [0.1, 0.15) is 23.8 Å². The van der Waals surface area contributed by atoms with Crippen molar-refractivity contribution < 1.29 is 32.6 Å². The lowest BCUT2D eigenvalue weighted by atomic mass is 9.91. The zero-order chi connectivity index (χ0) is 20.3. The molecule has 2 aliphatic heterocycles. The van der Waals surface area contributed by atoms with Gasteiger partial charge in [0.25, 0.3) is 0 Å². The number of carbonyl (C=O) groups is 3. The highest BCUT2D eigenvalue weighted by molar-refractivity contribution is 5.92. The van der Waals surface area contributed by atoms with Gasteiger partial charge in [-0.1, -0.05) is 0 Å². The van der Waals surface area contributed by atoms with Crippen LogP contribution in [0, 0.1) is 11.6 Å². The number of carbonyl (C=O) groups excluding carboxylic acids is 3. The fourth-order valence-electron chi connectivity index (χ4n) is 3.34. The van der Waals surface area contributed by atoms with Crippen LogP contribution in [0.4, 0.5) is 13.6 Å². The Bertz CT molecular complexity index is 819. The number of rotatable bonds is 4. The van der Waals surface area contributed by atoms with E-state index >= 15 is 0 Å². The van der Waals surface area contributed by atoms with E-state index in [0.717, 1.165) is 18.2 Å². The highest BCUT2D eigenvalue weighted by atomic mass is 19.1. The second kappa shape index (κ2) is 7.95. The summed E-state index contributed by atoms with van der Waals surface area (Å²) in [6, 6.07) is 3.02. The number of esters is 1. The number of amides is 2. The van der Waals surface area contributed by atoms with E-state index in [2.05, 4.69) is 4.74 Å². The first-order chi connectivity index (χ1) is 13.3. The highest BCUT2D eigenvalue weighted by Crippen LogP contribution is 2.33. The Balaban J connectivity index is 1.57. The largest absolute Gasteiger partial charge is 0.468 e. The maximum absolute atomic E-state index is 13.6. The van der Waals surface area contributed by atoms with Crippen LogP contribution in [0.3, 0.4) is 0 Å². The van der Waals surface area contributed by atoms with Gasteiger partial charge in [0.15, 0.2) is 0 Å². The molecule has 1 aromatic rings. The second-order valence-electron chi connectivity index (χ2n) is 6.81. The molecule has 2 fully saturated rings. The molecule has 1 aromatic carbocycles. The Hall–Kier alpha value is -2.97. The first kappa shape index (κ1) is 19.8. The van der Waals surface area contributed by atoms with Crippen molar-refractivity contribution in [3.8, 4) is 0 Å². The van der Waals surface area contributed by atoms with Crippen molar-refractivity contribution in [2.24, 2.45) is 0 Å². The third-order valence-corrected chi connectivity index (χ3v) is 4.94. The van der Waals surface area contributed by atoms with Crippen molar-refractivity contribution in [1.29, 1.82) is 0 Å². The number of likely N-dealkylation sites (tertiary alicyclic amines) is 1. The smallest absolute Gasteiger partial charge is 0.411 e. The van der Waals surface area contributed by atoms with Crippen LogP contribution in [-0.4, -0.2) is 66.7 Å². The molecule has 3 rings (SSSR count). The number of halogens is 2. The lowest BCUT2D eigenvalue weighted by molar-refractivity contribution is -0.141. The first-order valence-corrected chi connectivity index (χ1v) is 8.79. The van der Waals surface area contributed by atoms with Crippen LogP contribution in [-0.2, 0) is 19.1 Å². The van der Waals surface area contributed by atoms with Gasteiger partial charge in [-0.25, -0.2) is 13.6 Å². The predicted octanol–water partition coefficient (Wildman–Crippen LogP) is 1.96. The summed E-state index contributed by atoms with van der Waals surface area (Å²) in [6.45, 7) is 0.761. The summed E-state index contributed by atoms with van der Waals surface area (Å²) < 4.78 is 36.8. The summed E-state index contributed by atoms with van der Waals surface area (Å²) in [6.07, 6.45) is 2.69. The number of ether oxygens (including phenoxy) is 2. The van der Waals surface area contributed by atoms with Crippen molar-refractivity contribution >= 4 is 24.0 Å². The molecule has 9 heteroatoms. The van der Waals surface area contributed by atoms with Gasteiger partial charge in [-0.3, -0.25) is 14.5 Å². The molecule has 150 valence electrons. The predicted molar refractivity (Wildman–Crippen MR) is 94.0 cm³/mol. The van der Waals surface area contributed by atoms with E-state index in [1.807, 2.05) is 0 Å². The zero-order valence-electron chi connectivity index (χ0n) is 15.3. The summed E-state index contributed by atoms with van der Waals surface area (Å²) in [4.78, 5) is 38.5. The average Bonchev–Trinajstić information content (AvgIpc) is 2.97. The molecule has 0 N–H and O–H groups in total. The van der Waals surface area contributed by atoms with Crippen molar-refractivity contribution in [2.45, 2.75) is 18.4 Å². The van der Waals surface area contributed by atoms with Crippen LogP contribution in [0.5, 0.6) is 0 Å². The molecule has 1 spiro atoms. The van der Waals surface area contributed by atoms with Gasteiger partial charge >= 0.3 is 12.1 Å². The van der Waals surface area contributed by atoms with Gasteiger partial charge < -0.3 is 14.4 Å². The lowest BCUT2D eigenvalue weighted by Crippen LogP contribution is -2.48. The normalized spacial score (nSPS) is 18.6. The molecule has 2 aliphatic rings. The quantitative estimate of drug-likeness (QED) is 0.577. The fourth-order valence-corrected chi connectivity index (χ4v) is 3.34. The highest BCUT2D eigenvalue weighted by Gasteiger charge is 2.47. The van der Waals surface area contributed by atoms with E-state index in [-0.39, 0.29) is 24.6 Å². The van der Waals surface area contributed by atoms with Gasteiger partial charge in [-0.15, -0.1) is 0 Å². The van der Waals surface area contributed by atoms with Crippen molar-refractivity contribution in [3.05, 3.63) is 41.5 Å². The van der Waals surface area contributed by atoms with Crippen molar-refractivity contribution in [3.63, 3.8) is 0 Å². The molecule has 2 amide bonds. The van der Waals surface area contributed by atoms with Gasteiger partial charge in [-0.05, 0) is 24.3 Å². The minimum absolute atomic E-state index is 0.00925. The van der Waals surface area contributed by atoms with Crippen LogP contribution in [0.2, 0.25) is 0 Å². The second-order valence-corrected chi connectivity index (χ2v) is 6.81. The van der Waals surface area contributed by atoms with Gasteiger partial charge in [0.05, 0.1) is 13.7 Å². The lowest BCUT2D eigenvalue weighted by Gasteiger charge is -2.37. The van der Waals surface area contributed by atoms with E-state index in [1.54, 1.807) is 4.90 Å². The molecule has 2 heterocycles. The minimum Gasteiger partial charge on any atom is -0.468 e. The van der Waals surface area contributed by atoms with Crippen LogP contribution in [0.25, 0.3) is 6.08 Å². The molecular formula is C19H20F2N2O5. The number of hydrogen-bond donors (Lipinski definition) is 0. The average molecular weight is 394 g/mol. The van der Waals surface area contributed by atoms with E-state index in [1.165, 1.54) is 24.2 Å². The number of piperidine rings is 1. The van der Waals surface area contributed by atoms with Gasteiger partial charge in [0, 0.05) is 37.6 Å². The van der Waals surface area contributed by atoms with Gasteiger partial charge in [-0.2, -0.15) is 0 Å². The summed E-state index contributed by atoms with van der Waals surface area (Å²) in [5.41, 5.74) is -0.745. The van der Waals surface area contributed by atoms with Crippen molar-refractivity contribution in [2.75, 3.05) is 33.3 Å². The summed E-state index contributed by atoms with van der Waals surface area (Å²) in [5, 5.41) is 0. The SMILES string of the molecule is COC(=O)CN1CC2(CCN(C(=O)/C=C/c3cc(F)ccc3F)CC2)OC1=O. The third kappa shape index (κ3) is 4.29. The molecule has 0 aromatic heterocycles. The maximum atomic E-state index is 13.6. The molecular weight excluding hydrogens is 374 g/mol. The molecule has 0 atom stereocenters. The van der Waals surface area contributed by atoms with E-state index in [0.29, 0.717) is 25.9 Å². The van der Waals surface area contributed by atoms with Gasteiger partial charge in [0.2, 0.25) is 5.91 Å². The fraction of sp³-hybridized carbons (Fsp3) is 0.421. The van der Waals surface area contributed by atoms with E-state index in [4.69, 9.17) is 4.74 Å². The van der Waals surface area contributed by atoms with E-state index < -0.39 is 29.3 Å². The molecule has 2 saturated heterocycles. The molecule has 0 aliphatic carbocycles. The maximum Gasteiger partial charge on any atom is 0.411 e. The van der Waals surface area contributed by atoms with Crippen LogP contribution in [0.1, 0.15) is 18.4 Å². The zero-order valence-corrected chi connectivity index (χ0v) is 15.3. The van der Waals surface area contributed by atoms with E-state index in [9.17, 15) is 23.2 Å². The molecule has 0 saturated carbocycles. The van der Waals surface area contributed by atoms with Crippen LogP contribution in [0.15, 0.2) is 24.3 Å². The van der Waals surface area contributed by atoms with Crippen molar-refractivity contribution in [1.82, 2.24) is 9.80 Å². The van der Waals surface area contributed by atoms with Crippen LogP contribution >= 0.6 is 0 Å². The standard InChI is InChI=1S/C19H20F2N2O5/c1-27-17(25)11-23-12-19(28-18(23)26)6-8-22(9-7-19)16(24)5-2-13-10-14(20)3-4-15(13)21/h2-5,10H,6-9,11-12H2,1H3/b5-2+. The summed E-state index contributed by atoms with van der Waals surface area (Å²) in [5.74, 6) is -2.08. The Morgan fingerprint density at radius 1 is 1.29 bits per heavy atom. The Labute approximate surface area is 160 Å². The monoisotopic (exact) mass is 394 g/mol. The Morgan fingerprint density at radius 3 is 2.68 bits per heavy atom. The third-order valence-electron chi connectivity index (χ3n) is 4.94. The molecule has 7 nitrogen and oxygen atoms in total. The first-order valence-electron chi connectivity index (χ1n) is 8.79. The summed E-state index contributed by atoms with van der Waals surface area (Å²) in [7, 11) is 1.24. The molecule has 28 heavy (non-hydrogen) atoms.